The van der Waals surface area contributed by atoms with Gasteiger partial charge in [0.05, 0.1) is 17.4 Å². The van der Waals surface area contributed by atoms with Gasteiger partial charge in [0.25, 0.3) is 0 Å². The van der Waals surface area contributed by atoms with Crippen molar-refractivity contribution in [1.29, 1.82) is 0 Å². The summed E-state index contributed by atoms with van der Waals surface area (Å²) in [7, 11) is 0. The number of hydrogen-bond acceptors (Lipinski definition) is 7. The van der Waals surface area contributed by atoms with Gasteiger partial charge in [0.1, 0.15) is 11.4 Å². The van der Waals surface area contributed by atoms with E-state index in [0.29, 0.717) is 17.8 Å². The molecular weight excluding hydrogens is 504 g/mol. The third-order valence-corrected chi connectivity index (χ3v) is 7.56. The van der Waals surface area contributed by atoms with Crippen LogP contribution in [-0.2, 0) is 16.1 Å². The Bertz CT molecular complexity index is 1320. The summed E-state index contributed by atoms with van der Waals surface area (Å²) in [5.74, 6) is 0.872. The van der Waals surface area contributed by atoms with Crippen LogP contribution < -0.4 is 10.6 Å². The van der Waals surface area contributed by atoms with Crippen molar-refractivity contribution >= 4 is 34.4 Å². The molecule has 9 nitrogen and oxygen atoms in total. The summed E-state index contributed by atoms with van der Waals surface area (Å²) < 4.78 is 5.32. The molecule has 2 fully saturated rings. The summed E-state index contributed by atoms with van der Waals surface area (Å²) in [4.78, 5) is 38.6. The van der Waals surface area contributed by atoms with Gasteiger partial charge >= 0.3 is 6.09 Å². The number of nitrogens with zero attached hydrogens (tertiary/aromatic N) is 4. The molecule has 40 heavy (non-hydrogen) atoms. The van der Waals surface area contributed by atoms with Gasteiger partial charge in [-0.2, -0.15) is 0 Å². The molecule has 0 saturated carbocycles. The second-order valence-electron chi connectivity index (χ2n) is 11.9. The maximum atomic E-state index is 13.3. The van der Waals surface area contributed by atoms with Crippen molar-refractivity contribution in [3.63, 3.8) is 0 Å². The van der Waals surface area contributed by atoms with Crippen LogP contribution in [0, 0.1) is 5.92 Å². The van der Waals surface area contributed by atoms with Crippen LogP contribution in [0.1, 0.15) is 52.0 Å². The van der Waals surface area contributed by atoms with E-state index >= 15 is 0 Å². The lowest BCUT2D eigenvalue weighted by Gasteiger charge is -2.37. The number of rotatable bonds is 6. The number of aromatic nitrogens is 2. The lowest BCUT2D eigenvalue weighted by Crippen LogP contribution is -2.47. The maximum Gasteiger partial charge on any atom is 0.413 e. The molecule has 2 N–H and O–H groups in total. The van der Waals surface area contributed by atoms with Crippen molar-refractivity contribution in [2.24, 2.45) is 5.92 Å². The molecule has 2 aliphatic heterocycles. The van der Waals surface area contributed by atoms with E-state index in [1.54, 1.807) is 6.20 Å². The predicted octanol–water partition coefficient (Wildman–Crippen LogP) is 5.29. The summed E-state index contributed by atoms with van der Waals surface area (Å²) in [6.07, 6.45) is 6.72. The summed E-state index contributed by atoms with van der Waals surface area (Å²) in [6, 6.07) is 14.5. The number of likely N-dealkylation sites (tertiary alicyclic amines) is 2. The molecule has 0 radical (unpaired) electrons. The second kappa shape index (κ2) is 12.2. The molecule has 2 amide bonds. The molecular formula is C31H40N6O3. The van der Waals surface area contributed by atoms with E-state index in [-0.39, 0.29) is 5.92 Å². The zero-order chi connectivity index (χ0) is 28.1. The third kappa shape index (κ3) is 7.47. The zero-order valence-electron chi connectivity index (χ0n) is 23.7. The van der Waals surface area contributed by atoms with Crippen LogP contribution in [0.5, 0.6) is 0 Å². The van der Waals surface area contributed by atoms with Crippen molar-refractivity contribution in [3.05, 3.63) is 60.4 Å². The first-order valence-corrected chi connectivity index (χ1v) is 14.3. The standard InChI is InChI=1S/C31H40N6O3/c1-31(2,3)40-30(39)35-28-18-22(8-13-32-28)21-36-14-9-23(10-15-36)29(38)37-16-11-25(12-17-37)34-26-19-24-6-4-5-7-27(24)33-20-26/h4-8,13,18-20,23,25,34H,9-12,14-17,21H2,1-3H3,(H,32,35,39). The van der Waals surface area contributed by atoms with Gasteiger partial charge in [-0.15, -0.1) is 0 Å². The van der Waals surface area contributed by atoms with Crippen LogP contribution in [0.3, 0.4) is 0 Å². The van der Waals surface area contributed by atoms with Crippen LogP contribution in [-0.4, -0.2) is 69.6 Å². The number of benzene rings is 1. The van der Waals surface area contributed by atoms with Crippen LogP contribution >= 0.6 is 0 Å². The minimum atomic E-state index is -0.564. The Labute approximate surface area is 236 Å². The summed E-state index contributed by atoms with van der Waals surface area (Å²) >= 11 is 0. The van der Waals surface area contributed by atoms with E-state index in [2.05, 4.69) is 42.5 Å². The molecule has 5 rings (SSSR count). The Morgan fingerprint density at radius 2 is 1.73 bits per heavy atom. The first kappa shape index (κ1) is 27.8. The second-order valence-corrected chi connectivity index (χ2v) is 11.9. The maximum absolute atomic E-state index is 13.3. The average molecular weight is 545 g/mol. The molecule has 2 aliphatic rings. The summed E-state index contributed by atoms with van der Waals surface area (Å²) in [5, 5.41) is 7.47. The smallest absolute Gasteiger partial charge is 0.413 e. The topological polar surface area (TPSA) is 99.7 Å². The van der Waals surface area contributed by atoms with Gasteiger partial charge in [-0.05, 0) is 89.4 Å². The molecule has 2 saturated heterocycles. The minimum absolute atomic E-state index is 0.0901. The number of para-hydroxylation sites is 1. The van der Waals surface area contributed by atoms with Crippen LogP contribution in [0.4, 0.5) is 16.3 Å². The Kier molecular flexibility index (Phi) is 8.49. The number of hydrogen-bond donors (Lipinski definition) is 2. The number of nitrogens with one attached hydrogen (secondary N) is 2. The number of carbonyl (C=O) groups excluding carboxylic acids is 2. The van der Waals surface area contributed by atoms with Crippen molar-refractivity contribution in [1.82, 2.24) is 19.8 Å². The van der Waals surface area contributed by atoms with Crippen molar-refractivity contribution in [3.8, 4) is 0 Å². The fourth-order valence-electron chi connectivity index (χ4n) is 5.53. The van der Waals surface area contributed by atoms with E-state index in [1.807, 2.05) is 57.3 Å². The molecule has 4 heterocycles. The monoisotopic (exact) mass is 544 g/mol. The Morgan fingerprint density at radius 3 is 2.48 bits per heavy atom. The molecule has 9 heteroatoms. The van der Waals surface area contributed by atoms with Gasteiger partial charge in [-0.1, -0.05) is 18.2 Å². The minimum Gasteiger partial charge on any atom is -0.444 e. The average Bonchev–Trinajstić information content (AvgIpc) is 2.93. The van der Waals surface area contributed by atoms with Crippen molar-refractivity contribution in [2.75, 3.05) is 36.8 Å². The van der Waals surface area contributed by atoms with Gasteiger partial charge in [-0.3, -0.25) is 20.0 Å². The van der Waals surface area contributed by atoms with Gasteiger partial charge in [0.2, 0.25) is 5.91 Å². The van der Waals surface area contributed by atoms with Crippen molar-refractivity contribution in [2.45, 2.75) is 64.6 Å². The number of carbonyl (C=O) groups is 2. The van der Waals surface area contributed by atoms with Crippen LogP contribution in [0.15, 0.2) is 54.9 Å². The van der Waals surface area contributed by atoms with Gasteiger partial charge in [0, 0.05) is 43.2 Å². The predicted molar refractivity (Wildman–Crippen MR) is 157 cm³/mol. The Hall–Kier alpha value is -3.72. The zero-order valence-corrected chi connectivity index (χ0v) is 23.7. The molecule has 0 aliphatic carbocycles. The third-order valence-electron chi connectivity index (χ3n) is 7.56. The van der Waals surface area contributed by atoms with E-state index in [9.17, 15) is 9.59 Å². The lowest BCUT2D eigenvalue weighted by molar-refractivity contribution is -0.138. The highest BCUT2D eigenvalue weighted by Gasteiger charge is 2.31. The highest BCUT2D eigenvalue weighted by molar-refractivity contribution is 5.83. The van der Waals surface area contributed by atoms with Gasteiger partial charge in [-0.25, -0.2) is 9.78 Å². The number of piperidine rings is 2. The van der Waals surface area contributed by atoms with Crippen molar-refractivity contribution < 1.29 is 14.3 Å². The SMILES string of the molecule is CC(C)(C)OC(=O)Nc1cc(CN2CCC(C(=O)N3CCC(Nc4cnc5ccccc5c4)CC3)CC2)ccn1. The quantitative estimate of drug-likeness (QED) is 0.435. The van der Waals surface area contributed by atoms with Crippen LogP contribution in [0.25, 0.3) is 10.9 Å². The first-order valence-electron chi connectivity index (χ1n) is 14.3. The van der Waals surface area contributed by atoms with Gasteiger partial charge in [0.15, 0.2) is 0 Å². The lowest BCUT2D eigenvalue weighted by atomic mass is 9.93. The Morgan fingerprint density at radius 1 is 0.975 bits per heavy atom. The van der Waals surface area contributed by atoms with E-state index in [4.69, 9.17) is 4.74 Å². The van der Waals surface area contributed by atoms with Crippen LogP contribution in [0.2, 0.25) is 0 Å². The van der Waals surface area contributed by atoms with Gasteiger partial charge < -0.3 is 15.0 Å². The van der Waals surface area contributed by atoms with E-state index in [0.717, 1.165) is 80.6 Å². The number of fused-ring (bicyclic) bond motifs is 1. The summed E-state index contributed by atoms with van der Waals surface area (Å²) in [6.45, 7) is 9.58. The molecule has 0 spiro atoms. The molecule has 3 aromatic rings. The largest absolute Gasteiger partial charge is 0.444 e. The highest BCUT2D eigenvalue weighted by atomic mass is 16.6. The molecule has 0 bridgehead atoms. The molecule has 0 unspecified atom stereocenters. The number of ether oxygens (including phenoxy) is 1. The Balaban J connectivity index is 1.05. The molecule has 1 aromatic carbocycles. The normalized spacial score (nSPS) is 17.5. The molecule has 2 aromatic heterocycles. The fraction of sp³-hybridized carbons (Fsp3) is 0.484. The molecule has 0 atom stereocenters. The number of anilines is 2. The number of amides is 2. The number of pyridine rings is 2. The summed E-state index contributed by atoms with van der Waals surface area (Å²) in [5.41, 5.74) is 2.55. The fourth-order valence-corrected chi connectivity index (χ4v) is 5.53. The first-order chi connectivity index (χ1) is 19.2. The van der Waals surface area contributed by atoms with E-state index in [1.165, 1.54) is 0 Å². The highest BCUT2D eigenvalue weighted by Crippen LogP contribution is 2.25. The molecule has 212 valence electrons. The van der Waals surface area contributed by atoms with E-state index < -0.39 is 11.7 Å².